The second kappa shape index (κ2) is 15.7. The van der Waals surface area contributed by atoms with E-state index >= 15 is 0 Å². The minimum atomic E-state index is -0.708. The van der Waals surface area contributed by atoms with Crippen molar-refractivity contribution in [1.82, 2.24) is 30.6 Å². The summed E-state index contributed by atoms with van der Waals surface area (Å²) in [6.45, 7) is 3.51. The lowest BCUT2D eigenvalue weighted by Crippen LogP contribution is -2.55. The quantitative estimate of drug-likeness (QED) is 0.257. The molecular formula is C35H45N7O4. The Morgan fingerprint density at radius 2 is 1.70 bits per heavy atom. The van der Waals surface area contributed by atoms with E-state index in [0.29, 0.717) is 37.4 Å². The second-order valence-electron chi connectivity index (χ2n) is 12.3. The number of rotatable bonds is 11. The maximum Gasteiger partial charge on any atom is 0.270 e. The predicted molar refractivity (Wildman–Crippen MR) is 176 cm³/mol. The highest BCUT2D eigenvalue weighted by Crippen LogP contribution is 2.28. The van der Waals surface area contributed by atoms with E-state index in [-0.39, 0.29) is 42.0 Å². The third kappa shape index (κ3) is 8.39. The van der Waals surface area contributed by atoms with Gasteiger partial charge in [-0.2, -0.15) is 5.10 Å². The fourth-order valence-corrected chi connectivity index (χ4v) is 6.43. The van der Waals surface area contributed by atoms with E-state index in [0.717, 1.165) is 43.2 Å². The molecule has 4 amide bonds. The number of carbonyl (C=O) groups is 4. The number of hydrogen-bond donors (Lipinski definition) is 4. The Morgan fingerprint density at radius 3 is 2.37 bits per heavy atom. The average molecular weight is 628 g/mol. The predicted octanol–water partition coefficient (Wildman–Crippen LogP) is 3.35. The lowest BCUT2D eigenvalue weighted by molar-refractivity contribution is -0.137. The maximum absolute atomic E-state index is 13.7. The van der Waals surface area contributed by atoms with Crippen LogP contribution in [-0.4, -0.2) is 70.0 Å². The van der Waals surface area contributed by atoms with Crippen LogP contribution in [0.15, 0.2) is 66.9 Å². The Labute approximate surface area is 270 Å². The highest BCUT2D eigenvalue weighted by molar-refractivity contribution is 6.00. The van der Waals surface area contributed by atoms with Crippen LogP contribution in [0.2, 0.25) is 0 Å². The monoisotopic (exact) mass is 627 g/mol. The van der Waals surface area contributed by atoms with Gasteiger partial charge in [-0.05, 0) is 48.1 Å². The molecule has 0 radical (unpaired) electrons. The van der Waals surface area contributed by atoms with Crippen LogP contribution in [0.25, 0.3) is 0 Å². The van der Waals surface area contributed by atoms with Crippen molar-refractivity contribution < 1.29 is 19.2 Å². The van der Waals surface area contributed by atoms with Crippen LogP contribution >= 0.6 is 0 Å². The standard InChI is InChI=1S/C35H45N7O4/c1-3-31(43)39-28(35(46)42-21-20-36-29(23-42)25-10-6-4-7-11-25)22-24-14-16-27(17-15-24)38-34(45)32(26-12-8-5-9-13-26)40-33(44)30-18-19-37-41(30)2/h4,6-7,10-11,14-19,26,28-29,32,36H,3,5,8-9,12-13,20-23H2,1-2H3,(H,38,45)(H,39,43)(H,40,44)/t28-,29+,32+/m1/s1. The Kier molecular flexibility index (Phi) is 11.2. The number of aromatic nitrogens is 2. The zero-order valence-electron chi connectivity index (χ0n) is 26.7. The molecule has 2 heterocycles. The summed E-state index contributed by atoms with van der Waals surface area (Å²) in [5, 5.41) is 16.5. The number of anilines is 1. The van der Waals surface area contributed by atoms with Gasteiger partial charge in [0.25, 0.3) is 5.91 Å². The SMILES string of the molecule is CCC(=O)N[C@H](Cc1ccc(NC(=O)[C@@H](NC(=O)c2ccnn2C)C2CCCCC2)cc1)C(=O)N1CCN[C@H](c2ccccc2)C1. The molecule has 1 saturated heterocycles. The Balaban J connectivity index is 1.25. The van der Waals surface area contributed by atoms with E-state index in [1.54, 1.807) is 38.4 Å². The van der Waals surface area contributed by atoms with E-state index in [4.69, 9.17) is 0 Å². The van der Waals surface area contributed by atoms with E-state index in [1.807, 2.05) is 47.4 Å². The van der Waals surface area contributed by atoms with Crippen molar-refractivity contribution in [1.29, 1.82) is 0 Å². The smallest absolute Gasteiger partial charge is 0.270 e. The molecular weight excluding hydrogens is 582 g/mol. The second-order valence-corrected chi connectivity index (χ2v) is 12.3. The minimum absolute atomic E-state index is 0.0238. The molecule has 46 heavy (non-hydrogen) atoms. The Morgan fingerprint density at radius 1 is 0.957 bits per heavy atom. The Bertz CT molecular complexity index is 1480. The lowest BCUT2D eigenvalue weighted by Gasteiger charge is -2.36. The summed E-state index contributed by atoms with van der Waals surface area (Å²) in [5.41, 5.74) is 2.97. The molecule has 3 aromatic rings. The largest absolute Gasteiger partial charge is 0.344 e. The number of amides is 4. The molecule has 3 atom stereocenters. The van der Waals surface area contributed by atoms with Gasteiger partial charge in [-0.25, -0.2) is 0 Å². The molecule has 244 valence electrons. The molecule has 0 bridgehead atoms. The average Bonchev–Trinajstić information content (AvgIpc) is 3.53. The zero-order chi connectivity index (χ0) is 32.5. The van der Waals surface area contributed by atoms with Crippen LogP contribution in [0.3, 0.4) is 0 Å². The van der Waals surface area contributed by atoms with E-state index in [9.17, 15) is 19.2 Å². The van der Waals surface area contributed by atoms with Gasteiger partial charge < -0.3 is 26.2 Å². The maximum atomic E-state index is 13.7. The first-order valence-corrected chi connectivity index (χ1v) is 16.4. The highest BCUT2D eigenvalue weighted by atomic mass is 16.2. The van der Waals surface area contributed by atoms with Gasteiger partial charge in [-0.15, -0.1) is 0 Å². The first-order valence-electron chi connectivity index (χ1n) is 16.4. The van der Waals surface area contributed by atoms with Crippen molar-refractivity contribution in [3.8, 4) is 0 Å². The van der Waals surface area contributed by atoms with Crippen LogP contribution in [0, 0.1) is 5.92 Å². The van der Waals surface area contributed by atoms with Crippen LogP contribution in [0.5, 0.6) is 0 Å². The molecule has 0 unspecified atom stereocenters. The van der Waals surface area contributed by atoms with E-state index < -0.39 is 12.1 Å². The molecule has 1 saturated carbocycles. The fraction of sp³-hybridized carbons (Fsp3) is 0.457. The summed E-state index contributed by atoms with van der Waals surface area (Å²) in [4.78, 5) is 54.6. The number of benzene rings is 2. The molecule has 0 spiro atoms. The summed E-state index contributed by atoms with van der Waals surface area (Å²) in [5.74, 6) is -0.832. The molecule has 1 aromatic heterocycles. The lowest BCUT2D eigenvalue weighted by atomic mass is 9.83. The normalized spacial score (nSPS) is 18.3. The first-order chi connectivity index (χ1) is 22.3. The molecule has 1 aliphatic carbocycles. The van der Waals surface area contributed by atoms with Gasteiger partial charge in [-0.3, -0.25) is 23.9 Å². The number of aryl methyl sites for hydroxylation is 1. The number of nitrogens with one attached hydrogen (secondary N) is 4. The summed E-state index contributed by atoms with van der Waals surface area (Å²) in [6.07, 6.45) is 7.10. The highest BCUT2D eigenvalue weighted by Gasteiger charge is 2.33. The van der Waals surface area contributed by atoms with E-state index in [2.05, 4.69) is 26.4 Å². The van der Waals surface area contributed by atoms with Crippen LogP contribution < -0.4 is 21.3 Å². The van der Waals surface area contributed by atoms with Gasteiger partial charge in [0.05, 0.1) is 0 Å². The first kappa shape index (κ1) is 32.9. The van der Waals surface area contributed by atoms with Crippen molar-refractivity contribution in [2.45, 2.75) is 70.0 Å². The summed E-state index contributed by atoms with van der Waals surface area (Å²) in [7, 11) is 1.70. The van der Waals surface area contributed by atoms with Crippen LogP contribution in [0.1, 0.15) is 73.1 Å². The summed E-state index contributed by atoms with van der Waals surface area (Å²) >= 11 is 0. The number of piperazine rings is 1. The number of nitrogens with zero attached hydrogens (tertiary/aromatic N) is 3. The summed E-state index contributed by atoms with van der Waals surface area (Å²) in [6, 6.07) is 17.6. The van der Waals surface area contributed by atoms with E-state index in [1.165, 1.54) is 4.68 Å². The molecule has 1 aliphatic heterocycles. The molecule has 11 nitrogen and oxygen atoms in total. The van der Waals surface area contributed by atoms with Gasteiger partial charge in [0.2, 0.25) is 17.7 Å². The van der Waals surface area contributed by atoms with Crippen molar-refractivity contribution in [3.63, 3.8) is 0 Å². The number of hydrogen-bond acceptors (Lipinski definition) is 6. The minimum Gasteiger partial charge on any atom is -0.344 e. The zero-order valence-corrected chi connectivity index (χ0v) is 26.7. The van der Waals surface area contributed by atoms with Gasteiger partial charge in [-0.1, -0.05) is 68.7 Å². The molecule has 11 heteroatoms. The molecule has 2 fully saturated rings. The van der Waals surface area contributed by atoms with Gasteiger partial charge in [0, 0.05) is 57.4 Å². The van der Waals surface area contributed by atoms with Gasteiger partial charge in [0.1, 0.15) is 17.8 Å². The van der Waals surface area contributed by atoms with Crippen LogP contribution in [0.4, 0.5) is 5.69 Å². The molecule has 5 rings (SSSR count). The number of carbonyl (C=O) groups excluding carboxylic acids is 4. The van der Waals surface area contributed by atoms with Crippen LogP contribution in [-0.2, 0) is 27.9 Å². The third-order valence-corrected chi connectivity index (χ3v) is 9.05. The topological polar surface area (TPSA) is 137 Å². The molecule has 4 N–H and O–H groups in total. The fourth-order valence-electron chi connectivity index (χ4n) is 6.43. The van der Waals surface area contributed by atoms with Crippen molar-refractivity contribution in [2.75, 3.05) is 25.0 Å². The van der Waals surface area contributed by atoms with Gasteiger partial charge in [0.15, 0.2) is 0 Å². The molecule has 2 aliphatic rings. The van der Waals surface area contributed by atoms with Crippen molar-refractivity contribution >= 4 is 29.3 Å². The van der Waals surface area contributed by atoms with Crippen molar-refractivity contribution in [2.24, 2.45) is 13.0 Å². The Hall–Kier alpha value is -4.51. The van der Waals surface area contributed by atoms with Gasteiger partial charge >= 0.3 is 0 Å². The third-order valence-electron chi connectivity index (χ3n) is 9.05. The molecule has 2 aromatic carbocycles. The summed E-state index contributed by atoms with van der Waals surface area (Å²) < 4.78 is 1.49. The van der Waals surface area contributed by atoms with Crippen molar-refractivity contribution in [3.05, 3.63) is 83.7 Å².